The molecule has 1 aromatic rings. The summed E-state index contributed by atoms with van der Waals surface area (Å²) in [5.41, 5.74) is 0.934. The van der Waals surface area contributed by atoms with E-state index >= 15 is 0 Å². The summed E-state index contributed by atoms with van der Waals surface area (Å²) in [5.74, 6) is 3.09. The smallest absolute Gasteiger partial charge is 0.406 e. The van der Waals surface area contributed by atoms with Crippen LogP contribution in [0.2, 0.25) is 0 Å². The van der Waals surface area contributed by atoms with Crippen molar-refractivity contribution in [2.45, 2.75) is 58.7 Å². The first-order chi connectivity index (χ1) is 12.9. The van der Waals surface area contributed by atoms with Crippen LogP contribution in [0.15, 0.2) is 24.3 Å². The first-order valence-corrected chi connectivity index (χ1v) is 10.5. The molecule has 3 atom stereocenters. The number of hydrogen-bond acceptors (Lipinski definition) is 2. The highest BCUT2D eigenvalue weighted by Gasteiger charge is 2.54. The molecule has 152 valence electrons. The predicted molar refractivity (Wildman–Crippen MR) is 102 cm³/mol. The Labute approximate surface area is 161 Å². The van der Waals surface area contributed by atoms with Crippen molar-refractivity contribution in [3.63, 3.8) is 0 Å². The quantitative estimate of drug-likeness (QED) is 0.498. The minimum absolute atomic E-state index is 0.111. The third-order valence-electron chi connectivity index (χ3n) is 6.41. The van der Waals surface area contributed by atoms with Gasteiger partial charge in [0, 0.05) is 19.6 Å². The van der Waals surface area contributed by atoms with Crippen LogP contribution in [0.3, 0.4) is 0 Å². The first kappa shape index (κ1) is 20.5. The molecule has 0 amide bonds. The van der Waals surface area contributed by atoms with Crippen molar-refractivity contribution >= 4 is 0 Å². The number of hydrogen-bond donors (Lipinski definition) is 0. The second-order valence-corrected chi connectivity index (χ2v) is 8.36. The van der Waals surface area contributed by atoms with Gasteiger partial charge in [-0.05, 0) is 60.6 Å². The zero-order chi connectivity index (χ0) is 19.4. The molecule has 27 heavy (non-hydrogen) atoms. The molecule has 0 radical (unpaired) electrons. The van der Waals surface area contributed by atoms with Crippen LogP contribution in [-0.4, -0.2) is 30.9 Å². The molecular weight excluding hydrogens is 351 g/mol. The van der Waals surface area contributed by atoms with Gasteiger partial charge in [0.25, 0.3) is 0 Å². The van der Waals surface area contributed by atoms with E-state index in [9.17, 15) is 13.2 Å². The Kier molecular flexibility index (Phi) is 6.72. The summed E-state index contributed by atoms with van der Waals surface area (Å²) in [6, 6.07) is 6.43. The van der Waals surface area contributed by atoms with E-state index in [4.69, 9.17) is 0 Å². The van der Waals surface area contributed by atoms with E-state index in [1.807, 2.05) is 6.07 Å². The number of unbranched alkanes of at least 4 members (excludes halogenated alkanes) is 1. The largest absolute Gasteiger partial charge is 0.573 e. The third-order valence-corrected chi connectivity index (χ3v) is 6.41. The minimum atomic E-state index is -4.62. The van der Waals surface area contributed by atoms with E-state index < -0.39 is 6.36 Å². The van der Waals surface area contributed by atoms with Crippen molar-refractivity contribution in [2.24, 2.45) is 23.7 Å². The monoisotopic (exact) mass is 383 g/mol. The van der Waals surface area contributed by atoms with E-state index in [1.54, 1.807) is 6.07 Å². The Hall–Kier alpha value is -1.23. The fourth-order valence-corrected chi connectivity index (χ4v) is 4.83. The molecule has 3 rings (SSSR count). The topological polar surface area (TPSA) is 12.5 Å². The van der Waals surface area contributed by atoms with Gasteiger partial charge >= 0.3 is 6.36 Å². The Bertz CT molecular complexity index is 591. The summed E-state index contributed by atoms with van der Waals surface area (Å²) in [6.45, 7) is 8.24. The maximum atomic E-state index is 12.3. The summed E-state index contributed by atoms with van der Waals surface area (Å²) in [4.78, 5) is 2.65. The molecule has 1 aromatic carbocycles. The lowest BCUT2D eigenvalue weighted by Gasteiger charge is -2.25. The van der Waals surface area contributed by atoms with Gasteiger partial charge in [-0.3, -0.25) is 0 Å². The van der Waals surface area contributed by atoms with Gasteiger partial charge < -0.3 is 9.64 Å². The van der Waals surface area contributed by atoms with Crippen LogP contribution < -0.4 is 4.74 Å². The van der Waals surface area contributed by atoms with Crippen LogP contribution in [0.1, 0.15) is 51.5 Å². The predicted octanol–water partition coefficient (Wildman–Crippen LogP) is 5.91. The van der Waals surface area contributed by atoms with E-state index in [-0.39, 0.29) is 5.75 Å². The molecule has 3 unspecified atom stereocenters. The van der Waals surface area contributed by atoms with E-state index in [0.29, 0.717) is 0 Å². The molecule has 0 aromatic heterocycles. The van der Waals surface area contributed by atoms with Crippen molar-refractivity contribution in [1.29, 1.82) is 0 Å². The van der Waals surface area contributed by atoms with Gasteiger partial charge in [-0.25, -0.2) is 0 Å². The maximum absolute atomic E-state index is 12.3. The van der Waals surface area contributed by atoms with E-state index in [1.165, 1.54) is 57.5 Å². The number of benzene rings is 1. The molecule has 2 fully saturated rings. The van der Waals surface area contributed by atoms with Crippen LogP contribution in [0.4, 0.5) is 13.2 Å². The standard InChI is InChI=1S/C22H32F3NO/c1-3-5-7-16(4-2)13-26-14-20-19(21(20)15-26)11-10-17-8-6-9-18(12-17)27-22(23,24)25/h6,8-9,12,16,19-21H,3-5,7,10-11,13-15H2,1-2H3. The van der Waals surface area contributed by atoms with E-state index in [2.05, 4.69) is 23.5 Å². The van der Waals surface area contributed by atoms with Crippen molar-refractivity contribution in [2.75, 3.05) is 19.6 Å². The lowest BCUT2D eigenvalue weighted by Crippen LogP contribution is -2.30. The van der Waals surface area contributed by atoms with Gasteiger partial charge in [-0.15, -0.1) is 13.2 Å². The van der Waals surface area contributed by atoms with Gasteiger partial charge in [-0.2, -0.15) is 0 Å². The molecular formula is C22H32F3NO. The molecule has 2 aliphatic rings. The molecule has 0 spiro atoms. The lowest BCUT2D eigenvalue weighted by atomic mass is 9.98. The molecule has 2 nitrogen and oxygen atoms in total. The van der Waals surface area contributed by atoms with Crippen LogP contribution in [0, 0.1) is 23.7 Å². The minimum Gasteiger partial charge on any atom is -0.406 e. The molecule has 1 heterocycles. The van der Waals surface area contributed by atoms with Crippen LogP contribution in [-0.2, 0) is 6.42 Å². The zero-order valence-electron chi connectivity index (χ0n) is 16.5. The molecule has 1 aliphatic carbocycles. The zero-order valence-corrected chi connectivity index (χ0v) is 16.5. The number of rotatable bonds is 10. The van der Waals surface area contributed by atoms with Crippen LogP contribution in [0.25, 0.3) is 0 Å². The summed E-state index contributed by atoms with van der Waals surface area (Å²) < 4.78 is 41.1. The number of ether oxygens (including phenoxy) is 1. The fourth-order valence-electron chi connectivity index (χ4n) is 4.83. The number of fused-ring (bicyclic) bond motifs is 1. The highest BCUT2D eigenvalue weighted by Crippen LogP contribution is 2.54. The Morgan fingerprint density at radius 3 is 2.56 bits per heavy atom. The average molecular weight is 383 g/mol. The molecule has 5 heteroatoms. The second-order valence-electron chi connectivity index (χ2n) is 8.36. The first-order valence-electron chi connectivity index (χ1n) is 10.5. The number of nitrogens with zero attached hydrogens (tertiary/aromatic N) is 1. The molecule has 0 N–H and O–H groups in total. The van der Waals surface area contributed by atoms with Gasteiger partial charge in [0.1, 0.15) is 5.75 Å². The number of halogens is 3. The number of alkyl halides is 3. The summed E-state index contributed by atoms with van der Waals surface area (Å²) in [7, 11) is 0. The summed E-state index contributed by atoms with van der Waals surface area (Å²) in [5, 5.41) is 0. The van der Waals surface area contributed by atoms with Crippen LogP contribution >= 0.6 is 0 Å². The van der Waals surface area contributed by atoms with Gasteiger partial charge in [0.15, 0.2) is 0 Å². The SMILES string of the molecule is CCCCC(CC)CN1CC2C(CCc3cccc(OC(F)(F)F)c3)C2C1. The highest BCUT2D eigenvalue weighted by atomic mass is 19.4. The number of likely N-dealkylation sites (tertiary alicyclic amines) is 1. The third kappa shape index (κ3) is 5.87. The van der Waals surface area contributed by atoms with Crippen molar-refractivity contribution in [3.05, 3.63) is 29.8 Å². The fraction of sp³-hybridized carbons (Fsp3) is 0.727. The van der Waals surface area contributed by atoms with Crippen molar-refractivity contribution < 1.29 is 17.9 Å². The molecule has 1 aliphatic heterocycles. The van der Waals surface area contributed by atoms with Gasteiger partial charge in [-0.1, -0.05) is 45.2 Å². The molecule has 1 saturated carbocycles. The maximum Gasteiger partial charge on any atom is 0.573 e. The van der Waals surface area contributed by atoms with Gasteiger partial charge in [0.05, 0.1) is 0 Å². The summed E-state index contributed by atoms with van der Waals surface area (Å²) >= 11 is 0. The lowest BCUT2D eigenvalue weighted by molar-refractivity contribution is -0.274. The molecule has 0 bridgehead atoms. The highest BCUT2D eigenvalue weighted by molar-refractivity contribution is 5.29. The number of aryl methyl sites for hydroxylation is 1. The van der Waals surface area contributed by atoms with E-state index in [0.717, 1.165) is 42.1 Å². The summed E-state index contributed by atoms with van der Waals surface area (Å²) in [6.07, 6.45) is 2.51. The second kappa shape index (κ2) is 8.85. The van der Waals surface area contributed by atoms with Gasteiger partial charge in [0.2, 0.25) is 0 Å². The Morgan fingerprint density at radius 2 is 1.93 bits per heavy atom. The number of piperidine rings is 1. The Balaban J connectivity index is 1.40. The molecule has 1 saturated heterocycles. The average Bonchev–Trinajstić information content (AvgIpc) is 3.06. The normalized spacial score (nSPS) is 26.0. The van der Waals surface area contributed by atoms with Crippen molar-refractivity contribution in [3.8, 4) is 5.75 Å². The van der Waals surface area contributed by atoms with Crippen molar-refractivity contribution in [1.82, 2.24) is 4.90 Å². The van der Waals surface area contributed by atoms with Crippen LogP contribution in [0.5, 0.6) is 5.75 Å². The Morgan fingerprint density at radius 1 is 1.19 bits per heavy atom.